The van der Waals surface area contributed by atoms with Crippen molar-refractivity contribution in [2.75, 3.05) is 0 Å². The Morgan fingerprint density at radius 1 is 1.08 bits per heavy atom. The van der Waals surface area contributed by atoms with Crippen LogP contribution in [0.5, 0.6) is 0 Å². The summed E-state index contributed by atoms with van der Waals surface area (Å²) in [6.07, 6.45) is 2.06. The molecule has 0 saturated heterocycles. The minimum atomic E-state index is 0.443. The quantitative estimate of drug-likeness (QED) is 0.643. The van der Waals surface area contributed by atoms with Gasteiger partial charge in [0.1, 0.15) is 0 Å². The zero-order valence-electron chi connectivity index (χ0n) is 6.70. The van der Waals surface area contributed by atoms with Crippen molar-refractivity contribution in [2.45, 2.75) is 19.8 Å². The van der Waals surface area contributed by atoms with Crippen molar-refractivity contribution in [3.8, 4) is 0 Å². The van der Waals surface area contributed by atoms with Crippen LogP contribution in [0.3, 0.4) is 0 Å². The third kappa shape index (κ3) is 2.29. The predicted octanol–water partition coefficient (Wildman–Crippen LogP) is 4.60. The standard InChI is InChI=1S/C9H9Cl3/c1-2-3-6-4-7(10)9(12)8(11)5-6/h4-5H,2-3H2,1H3. The molecule has 0 aliphatic carbocycles. The van der Waals surface area contributed by atoms with Gasteiger partial charge in [0, 0.05) is 0 Å². The maximum absolute atomic E-state index is 5.84. The molecule has 0 fully saturated rings. The second-order valence-corrected chi connectivity index (χ2v) is 3.82. The smallest absolute Gasteiger partial charge is 0.0778 e. The molecule has 0 unspecified atom stereocenters. The molecule has 1 aromatic carbocycles. The van der Waals surface area contributed by atoms with E-state index in [1.165, 1.54) is 0 Å². The molecule has 3 heteroatoms. The summed E-state index contributed by atoms with van der Waals surface area (Å²) in [5.74, 6) is 0. The zero-order chi connectivity index (χ0) is 9.14. The van der Waals surface area contributed by atoms with Crippen LogP contribution in [0.4, 0.5) is 0 Å². The van der Waals surface area contributed by atoms with E-state index in [2.05, 4.69) is 6.92 Å². The number of hydrogen-bond acceptors (Lipinski definition) is 0. The van der Waals surface area contributed by atoms with E-state index in [9.17, 15) is 0 Å². The second-order valence-electron chi connectivity index (χ2n) is 2.62. The van der Waals surface area contributed by atoms with E-state index in [0.717, 1.165) is 18.4 Å². The Balaban J connectivity index is 3.04. The molecular weight excluding hydrogens is 214 g/mol. The Kier molecular flexibility index (Phi) is 3.70. The third-order valence-electron chi connectivity index (χ3n) is 1.58. The van der Waals surface area contributed by atoms with Crippen LogP contribution in [-0.4, -0.2) is 0 Å². The summed E-state index contributed by atoms with van der Waals surface area (Å²) in [4.78, 5) is 0. The first-order valence-corrected chi connectivity index (χ1v) is 4.92. The largest absolute Gasteiger partial charge is 0.0826 e. The molecule has 0 bridgehead atoms. The first kappa shape index (κ1) is 10.2. The van der Waals surface area contributed by atoms with Crippen molar-refractivity contribution in [3.05, 3.63) is 32.8 Å². The Hall–Kier alpha value is 0.0900. The fourth-order valence-electron chi connectivity index (χ4n) is 1.04. The first-order chi connectivity index (χ1) is 5.65. The minimum Gasteiger partial charge on any atom is -0.0826 e. The van der Waals surface area contributed by atoms with E-state index in [-0.39, 0.29) is 0 Å². The molecule has 0 N–H and O–H groups in total. The van der Waals surface area contributed by atoms with Crippen molar-refractivity contribution >= 4 is 34.8 Å². The molecule has 1 aromatic rings. The van der Waals surface area contributed by atoms with E-state index >= 15 is 0 Å². The van der Waals surface area contributed by atoms with Gasteiger partial charge >= 0.3 is 0 Å². The highest BCUT2D eigenvalue weighted by Crippen LogP contribution is 2.31. The number of hydrogen-bond donors (Lipinski definition) is 0. The molecule has 0 amide bonds. The molecule has 0 atom stereocenters. The van der Waals surface area contributed by atoms with Crippen LogP contribution < -0.4 is 0 Å². The van der Waals surface area contributed by atoms with Crippen molar-refractivity contribution in [1.29, 1.82) is 0 Å². The Labute approximate surface area is 87.4 Å². The van der Waals surface area contributed by atoms with Gasteiger partial charge in [-0.1, -0.05) is 48.1 Å². The number of halogens is 3. The molecule has 0 aliphatic heterocycles. The van der Waals surface area contributed by atoms with Gasteiger partial charge in [-0.15, -0.1) is 0 Å². The lowest BCUT2D eigenvalue weighted by molar-refractivity contribution is 0.922. The van der Waals surface area contributed by atoms with Crippen molar-refractivity contribution < 1.29 is 0 Å². The molecule has 12 heavy (non-hydrogen) atoms. The highest BCUT2D eigenvalue weighted by atomic mass is 35.5. The maximum atomic E-state index is 5.84. The summed E-state index contributed by atoms with van der Waals surface area (Å²) in [6, 6.07) is 3.72. The van der Waals surface area contributed by atoms with Crippen LogP contribution in [0.2, 0.25) is 15.1 Å². The fourth-order valence-corrected chi connectivity index (χ4v) is 1.68. The van der Waals surface area contributed by atoms with Gasteiger partial charge in [0.05, 0.1) is 15.1 Å². The molecule has 0 nitrogen and oxygen atoms in total. The molecular formula is C9H9Cl3. The van der Waals surface area contributed by atoms with Gasteiger partial charge in [0.2, 0.25) is 0 Å². The highest BCUT2D eigenvalue weighted by Gasteiger charge is 2.04. The second kappa shape index (κ2) is 4.36. The van der Waals surface area contributed by atoms with Crippen LogP contribution in [0.1, 0.15) is 18.9 Å². The zero-order valence-corrected chi connectivity index (χ0v) is 8.97. The maximum Gasteiger partial charge on any atom is 0.0778 e. The Morgan fingerprint density at radius 3 is 2.00 bits per heavy atom. The third-order valence-corrected chi connectivity index (χ3v) is 2.78. The molecule has 0 radical (unpaired) electrons. The van der Waals surface area contributed by atoms with Gasteiger partial charge in [-0.25, -0.2) is 0 Å². The van der Waals surface area contributed by atoms with Crippen LogP contribution >= 0.6 is 34.8 Å². The van der Waals surface area contributed by atoms with Gasteiger partial charge in [-0.05, 0) is 24.1 Å². The summed E-state index contributed by atoms with van der Waals surface area (Å²) in [5, 5.41) is 1.51. The van der Waals surface area contributed by atoms with Gasteiger partial charge in [-0.2, -0.15) is 0 Å². The van der Waals surface area contributed by atoms with Crippen molar-refractivity contribution in [3.63, 3.8) is 0 Å². The highest BCUT2D eigenvalue weighted by molar-refractivity contribution is 6.48. The number of benzene rings is 1. The average Bonchev–Trinajstić information content (AvgIpc) is 2.01. The summed E-state index contributed by atoms with van der Waals surface area (Å²) >= 11 is 17.5. The van der Waals surface area contributed by atoms with E-state index in [4.69, 9.17) is 34.8 Å². The topological polar surface area (TPSA) is 0 Å². The number of rotatable bonds is 2. The van der Waals surface area contributed by atoms with Crippen LogP contribution in [-0.2, 0) is 6.42 Å². The Morgan fingerprint density at radius 2 is 1.58 bits per heavy atom. The lowest BCUT2D eigenvalue weighted by atomic mass is 10.1. The molecule has 0 aliphatic rings. The number of aryl methyl sites for hydroxylation is 1. The van der Waals surface area contributed by atoms with Crippen LogP contribution in [0.15, 0.2) is 12.1 Å². The summed E-state index contributed by atoms with van der Waals surface area (Å²) in [7, 11) is 0. The van der Waals surface area contributed by atoms with E-state index in [1.807, 2.05) is 12.1 Å². The SMILES string of the molecule is CCCc1cc(Cl)c(Cl)c(Cl)c1. The first-order valence-electron chi connectivity index (χ1n) is 3.78. The lowest BCUT2D eigenvalue weighted by Gasteiger charge is -2.03. The molecule has 0 saturated carbocycles. The minimum absolute atomic E-state index is 0.443. The molecule has 0 heterocycles. The summed E-state index contributed by atoms with van der Waals surface area (Å²) < 4.78 is 0. The summed E-state index contributed by atoms with van der Waals surface area (Å²) in [5.41, 5.74) is 1.14. The molecule has 0 aromatic heterocycles. The van der Waals surface area contributed by atoms with Crippen molar-refractivity contribution in [1.82, 2.24) is 0 Å². The van der Waals surface area contributed by atoms with Gasteiger partial charge in [-0.3, -0.25) is 0 Å². The van der Waals surface area contributed by atoms with Crippen LogP contribution in [0.25, 0.3) is 0 Å². The van der Waals surface area contributed by atoms with E-state index < -0.39 is 0 Å². The van der Waals surface area contributed by atoms with E-state index in [0.29, 0.717) is 15.1 Å². The molecule has 1 rings (SSSR count). The van der Waals surface area contributed by atoms with Crippen molar-refractivity contribution in [2.24, 2.45) is 0 Å². The fraction of sp³-hybridized carbons (Fsp3) is 0.333. The monoisotopic (exact) mass is 222 g/mol. The lowest BCUT2D eigenvalue weighted by Crippen LogP contribution is -1.83. The van der Waals surface area contributed by atoms with Gasteiger partial charge in [0.25, 0.3) is 0 Å². The van der Waals surface area contributed by atoms with Crippen LogP contribution in [0, 0.1) is 0 Å². The normalized spacial score (nSPS) is 10.3. The summed E-state index contributed by atoms with van der Waals surface area (Å²) in [6.45, 7) is 2.11. The molecule has 66 valence electrons. The Bertz CT molecular complexity index is 258. The average molecular weight is 224 g/mol. The molecule has 0 spiro atoms. The van der Waals surface area contributed by atoms with Gasteiger partial charge < -0.3 is 0 Å². The van der Waals surface area contributed by atoms with E-state index in [1.54, 1.807) is 0 Å². The predicted molar refractivity (Wildman–Crippen MR) is 55.5 cm³/mol. The van der Waals surface area contributed by atoms with Gasteiger partial charge in [0.15, 0.2) is 0 Å².